The fraction of sp³-hybridized carbons (Fsp3) is 0.211. The van der Waals surface area contributed by atoms with Gasteiger partial charge in [-0.3, -0.25) is 4.79 Å². The Bertz CT molecular complexity index is 807. The van der Waals surface area contributed by atoms with Crippen LogP contribution in [0.25, 0.3) is 5.57 Å². The topological polar surface area (TPSA) is 67.8 Å². The van der Waals surface area contributed by atoms with Crippen LogP contribution in [0.1, 0.15) is 11.1 Å². The number of rotatable bonds is 8. The summed E-state index contributed by atoms with van der Waals surface area (Å²) in [6.45, 7) is -2.89. The Kier molecular flexibility index (Phi) is 7.10. The zero-order valence-electron chi connectivity index (χ0n) is 14.4. The zero-order chi connectivity index (χ0) is 19.8. The molecule has 144 valence electrons. The number of carbonyl (C=O) groups excluding carboxylic acids is 1. The van der Waals surface area contributed by atoms with Crippen LogP contribution in [0.2, 0.25) is 0 Å². The van der Waals surface area contributed by atoms with Gasteiger partial charge in [0.1, 0.15) is 12.1 Å². The summed E-state index contributed by atoms with van der Waals surface area (Å²) in [6.07, 6.45) is 1.06. The van der Waals surface area contributed by atoms with Gasteiger partial charge in [-0.1, -0.05) is 18.2 Å². The van der Waals surface area contributed by atoms with E-state index in [0.717, 1.165) is 17.7 Å². The van der Waals surface area contributed by atoms with Crippen molar-refractivity contribution >= 4 is 11.5 Å². The Hall–Kier alpha value is -3.16. The summed E-state index contributed by atoms with van der Waals surface area (Å²) >= 11 is 0. The summed E-state index contributed by atoms with van der Waals surface area (Å²) in [5, 5.41) is 12.2. The Labute approximate surface area is 154 Å². The third-order valence-corrected chi connectivity index (χ3v) is 3.63. The van der Waals surface area contributed by atoms with Crippen molar-refractivity contribution in [2.45, 2.75) is 13.0 Å². The van der Waals surface area contributed by atoms with Crippen LogP contribution in [0.3, 0.4) is 0 Å². The molecule has 0 saturated heterocycles. The molecule has 0 atom stereocenters. The number of benzene rings is 2. The second-order valence-corrected chi connectivity index (χ2v) is 5.45. The van der Waals surface area contributed by atoms with Gasteiger partial charge in [-0.25, -0.2) is 4.39 Å². The second kappa shape index (κ2) is 9.51. The normalized spacial score (nSPS) is 11.4. The number of hydrogen-bond donors (Lipinski definition) is 2. The smallest absolute Gasteiger partial charge is 0.386 e. The van der Waals surface area contributed by atoms with Gasteiger partial charge in [-0.15, -0.1) is 0 Å². The highest BCUT2D eigenvalue weighted by Gasteiger charge is 2.14. The number of phenols is 1. The number of hydrogen-bond acceptors (Lipinski definition) is 4. The molecular formula is C19H18F3NO4. The summed E-state index contributed by atoms with van der Waals surface area (Å²) in [5.74, 6) is -0.866. The van der Waals surface area contributed by atoms with Crippen molar-refractivity contribution in [3.63, 3.8) is 0 Å². The van der Waals surface area contributed by atoms with Crippen LogP contribution in [0.15, 0.2) is 48.7 Å². The molecule has 2 aromatic rings. The molecule has 8 heteroatoms. The van der Waals surface area contributed by atoms with E-state index in [-0.39, 0.29) is 23.4 Å². The number of phenolic OH excluding ortho intramolecular Hbond substituents is 1. The van der Waals surface area contributed by atoms with E-state index in [1.165, 1.54) is 25.3 Å². The average Bonchev–Trinajstić information content (AvgIpc) is 2.64. The maximum absolute atomic E-state index is 13.0. The van der Waals surface area contributed by atoms with E-state index in [0.29, 0.717) is 18.4 Å². The monoisotopic (exact) mass is 381 g/mol. The van der Waals surface area contributed by atoms with E-state index in [9.17, 15) is 23.1 Å². The van der Waals surface area contributed by atoms with Crippen molar-refractivity contribution in [2.75, 3.05) is 13.7 Å². The van der Waals surface area contributed by atoms with E-state index < -0.39 is 18.3 Å². The highest BCUT2D eigenvalue weighted by atomic mass is 19.3. The largest absolute Gasteiger partial charge is 0.504 e. The Morgan fingerprint density at radius 3 is 2.56 bits per heavy atom. The maximum atomic E-state index is 13.0. The minimum atomic E-state index is -3.09. The van der Waals surface area contributed by atoms with Crippen LogP contribution < -0.4 is 10.1 Å². The molecule has 0 aliphatic carbocycles. The van der Waals surface area contributed by atoms with Gasteiger partial charge in [0.05, 0.1) is 12.7 Å². The molecule has 2 N–H and O–H groups in total. The standard InChI is InChI=1S/C19H18F3NO4/c1-26-17-10-12(2-7-16(17)24)8-9-23-18(25)15(11-27-19(21)22)13-3-5-14(20)6-4-13/h2-7,10-11,19,24H,8-9H2,1H3,(H,23,25). The minimum Gasteiger partial charge on any atom is -0.504 e. The molecule has 0 unspecified atom stereocenters. The van der Waals surface area contributed by atoms with Gasteiger partial charge in [0.25, 0.3) is 5.91 Å². The number of alkyl halides is 2. The summed E-state index contributed by atoms with van der Waals surface area (Å²) in [6, 6.07) is 9.57. The summed E-state index contributed by atoms with van der Waals surface area (Å²) in [5.41, 5.74) is 0.875. The van der Waals surface area contributed by atoms with Gasteiger partial charge in [0.2, 0.25) is 0 Å². The van der Waals surface area contributed by atoms with Crippen LogP contribution in [0.5, 0.6) is 11.5 Å². The van der Waals surface area contributed by atoms with Gasteiger partial charge >= 0.3 is 6.61 Å². The van der Waals surface area contributed by atoms with Crippen molar-refractivity contribution in [3.8, 4) is 11.5 Å². The number of amides is 1. The van der Waals surface area contributed by atoms with E-state index in [1.807, 2.05) is 0 Å². The predicted molar refractivity (Wildman–Crippen MR) is 92.8 cm³/mol. The van der Waals surface area contributed by atoms with Gasteiger partial charge in [-0.05, 0) is 41.8 Å². The molecule has 5 nitrogen and oxygen atoms in total. The molecule has 0 radical (unpaired) electrons. The van der Waals surface area contributed by atoms with Crippen molar-refractivity contribution < 1.29 is 32.5 Å². The highest BCUT2D eigenvalue weighted by molar-refractivity contribution is 6.19. The molecule has 0 bridgehead atoms. The SMILES string of the molecule is COc1cc(CCNC(=O)C(=COC(F)F)c2ccc(F)cc2)ccc1O. The van der Waals surface area contributed by atoms with Crippen molar-refractivity contribution in [2.24, 2.45) is 0 Å². The van der Waals surface area contributed by atoms with Gasteiger partial charge in [0.15, 0.2) is 11.5 Å². The molecular weight excluding hydrogens is 363 g/mol. The first-order chi connectivity index (χ1) is 12.9. The van der Waals surface area contributed by atoms with Crippen LogP contribution in [0.4, 0.5) is 13.2 Å². The molecule has 27 heavy (non-hydrogen) atoms. The summed E-state index contributed by atoms with van der Waals surface area (Å²) in [7, 11) is 1.42. The zero-order valence-corrected chi connectivity index (χ0v) is 14.4. The number of ether oxygens (including phenoxy) is 2. The Morgan fingerprint density at radius 1 is 1.22 bits per heavy atom. The number of aromatic hydroxyl groups is 1. The Morgan fingerprint density at radius 2 is 1.93 bits per heavy atom. The number of methoxy groups -OCH3 is 1. The fourth-order valence-corrected chi connectivity index (χ4v) is 2.29. The van der Waals surface area contributed by atoms with Gasteiger partial charge in [-0.2, -0.15) is 8.78 Å². The second-order valence-electron chi connectivity index (χ2n) is 5.45. The number of carbonyl (C=O) groups is 1. The molecule has 0 spiro atoms. The third-order valence-electron chi connectivity index (χ3n) is 3.63. The first-order valence-corrected chi connectivity index (χ1v) is 7.94. The fourth-order valence-electron chi connectivity index (χ4n) is 2.29. The first-order valence-electron chi connectivity index (χ1n) is 7.94. The molecule has 0 saturated carbocycles. The van der Waals surface area contributed by atoms with Crippen LogP contribution in [-0.4, -0.2) is 31.3 Å². The maximum Gasteiger partial charge on any atom is 0.386 e. The quantitative estimate of drug-likeness (QED) is 0.543. The van der Waals surface area contributed by atoms with Crippen molar-refractivity contribution in [1.82, 2.24) is 5.32 Å². The summed E-state index contributed by atoms with van der Waals surface area (Å²) < 4.78 is 46.8. The molecule has 0 aliphatic heterocycles. The van der Waals surface area contributed by atoms with Gasteiger partial charge in [0, 0.05) is 6.54 Å². The van der Waals surface area contributed by atoms with Crippen LogP contribution in [0, 0.1) is 5.82 Å². The lowest BCUT2D eigenvalue weighted by molar-refractivity contribution is -0.116. The molecule has 0 fully saturated rings. The van der Waals surface area contributed by atoms with Crippen LogP contribution >= 0.6 is 0 Å². The van der Waals surface area contributed by atoms with E-state index in [4.69, 9.17) is 4.74 Å². The first kappa shape index (κ1) is 20.2. The summed E-state index contributed by atoms with van der Waals surface area (Å²) in [4.78, 5) is 12.3. The van der Waals surface area contributed by atoms with Crippen molar-refractivity contribution in [3.05, 3.63) is 65.7 Å². The van der Waals surface area contributed by atoms with E-state index in [1.54, 1.807) is 12.1 Å². The lowest BCUT2D eigenvalue weighted by Gasteiger charge is -2.11. The molecule has 2 rings (SSSR count). The highest BCUT2D eigenvalue weighted by Crippen LogP contribution is 2.26. The number of halogens is 3. The Balaban J connectivity index is 2.05. The average molecular weight is 381 g/mol. The van der Waals surface area contributed by atoms with Crippen molar-refractivity contribution in [1.29, 1.82) is 0 Å². The molecule has 0 aliphatic rings. The van der Waals surface area contributed by atoms with E-state index >= 15 is 0 Å². The molecule has 1 amide bonds. The van der Waals surface area contributed by atoms with Crippen LogP contribution in [-0.2, 0) is 16.0 Å². The molecule has 2 aromatic carbocycles. The lowest BCUT2D eigenvalue weighted by Crippen LogP contribution is -2.26. The lowest BCUT2D eigenvalue weighted by atomic mass is 10.1. The van der Waals surface area contributed by atoms with Gasteiger partial charge < -0.3 is 19.9 Å². The molecule has 0 aromatic heterocycles. The predicted octanol–water partition coefficient (Wildman–Crippen LogP) is 3.48. The minimum absolute atomic E-state index is 0.00374. The third kappa shape index (κ3) is 5.95. The number of nitrogens with one attached hydrogen (secondary N) is 1. The molecule has 0 heterocycles. The van der Waals surface area contributed by atoms with E-state index in [2.05, 4.69) is 10.1 Å².